The van der Waals surface area contributed by atoms with Gasteiger partial charge in [-0.25, -0.2) is 0 Å². The lowest BCUT2D eigenvalue weighted by atomic mass is 9.95. The molecule has 3 aromatic carbocycles. The number of Topliss-reactive ketones (excluding diaryl/α,β-unsaturated/α-hetero) is 1. The van der Waals surface area contributed by atoms with E-state index in [1.807, 2.05) is 20.8 Å². The van der Waals surface area contributed by atoms with E-state index < -0.39 is 17.7 Å². The van der Waals surface area contributed by atoms with E-state index in [-0.39, 0.29) is 17.4 Å². The number of ether oxygens (including phenoxy) is 3. The van der Waals surface area contributed by atoms with Gasteiger partial charge in [0.15, 0.2) is 0 Å². The van der Waals surface area contributed by atoms with Gasteiger partial charge in [0, 0.05) is 11.3 Å². The Morgan fingerprint density at radius 2 is 1.47 bits per heavy atom. The number of hydrogen-bond acceptors (Lipinski definition) is 6. The lowest BCUT2D eigenvalue weighted by molar-refractivity contribution is -0.132. The van der Waals surface area contributed by atoms with Crippen LogP contribution in [0, 0.1) is 0 Å². The first kappa shape index (κ1) is 24.9. The van der Waals surface area contributed by atoms with Crippen LogP contribution in [0.25, 0.3) is 5.76 Å². The van der Waals surface area contributed by atoms with Gasteiger partial charge in [0.05, 0.1) is 31.4 Å². The molecule has 36 heavy (non-hydrogen) atoms. The third-order valence-electron chi connectivity index (χ3n) is 5.80. The summed E-state index contributed by atoms with van der Waals surface area (Å²) < 4.78 is 16.5. The first-order valence-electron chi connectivity index (χ1n) is 11.8. The van der Waals surface area contributed by atoms with Crippen LogP contribution < -0.4 is 19.1 Å². The quantitative estimate of drug-likeness (QED) is 0.256. The second-order valence-electron chi connectivity index (χ2n) is 8.56. The van der Waals surface area contributed by atoms with Crippen LogP contribution >= 0.6 is 0 Å². The number of rotatable bonds is 8. The van der Waals surface area contributed by atoms with Crippen molar-refractivity contribution in [3.8, 4) is 17.2 Å². The van der Waals surface area contributed by atoms with E-state index in [1.165, 1.54) is 4.90 Å². The minimum absolute atomic E-state index is 0.00140. The number of anilines is 1. The molecule has 1 aliphatic rings. The molecule has 0 bridgehead atoms. The zero-order chi connectivity index (χ0) is 25.8. The van der Waals surface area contributed by atoms with E-state index >= 15 is 0 Å². The van der Waals surface area contributed by atoms with Gasteiger partial charge >= 0.3 is 0 Å². The summed E-state index contributed by atoms with van der Waals surface area (Å²) in [5.41, 5.74) is 1.59. The number of aliphatic hydroxyl groups is 1. The molecule has 0 aliphatic carbocycles. The van der Waals surface area contributed by atoms with Crippen molar-refractivity contribution in [1.82, 2.24) is 0 Å². The molecule has 7 heteroatoms. The smallest absolute Gasteiger partial charge is 0.300 e. The summed E-state index contributed by atoms with van der Waals surface area (Å²) in [6.45, 7) is 6.24. The van der Waals surface area contributed by atoms with Gasteiger partial charge in [-0.05, 0) is 87.0 Å². The van der Waals surface area contributed by atoms with Gasteiger partial charge in [-0.1, -0.05) is 12.1 Å². The zero-order valence-electron chi connectivity index (χ0n) is 20.7. The predicted molar refractivity (Wildman–Crippen MR) is 138 cm³/mol. The Balaban J connectivity index is 1.83. The fraction of sp³-hybridized carbons (Fsp3) is 0.241. The van der Waals surface area contributed by atoms with Crippen LogP contribution in [0.5, 0.6) is 17.2 Å². The van der Waals surface area contributed by atoms with E-state index in [0.29, 0.717) is 40.7 Å². The van der Waals surface area contributed by atoms with Crippen LogP contribution in [0.1, 0.15) is 37.9 Å². The van der Waals surface area contributed by atoms with Crippen LogP contribution in [0.2, 0.25) is 0 Å². The predicted octanol–water partition coefficient (Wildman–Crippen LogP) is 5.51. The number of benzene rings is 3. The molecule has 186 valence electrons. The first-order chi connectivity index (χ1) is 17.3. The number of methoxy groups -OCH3 is 1. The number of nitrogens with zero attached hydrogens (tertiary/aromatic N) is 1. The molecule has 1 fully saturated rings. The lowest BCUT2D eigenvalue weighted by Gasteiger charge is -2.26. The van der Waals surface area contributed by atoms with Gasteiger partial charge in [0.2, 0.25) is 0 Å². The molecule has 1 aliphatic heterocycles. The molecule has 1 N–H and O–H groups in total. The highest BCUT2D eigenvalue weighted by Crippen LogP contribution is 2.43. The largest absolute Gasteiger partial charge is 0.507 e. The standard InChI is InChI=1S/C29H29NO6/c1-5-35-23-14-8-20(9-15-23)27(31)25-26(19-6-12-22(34-4)13-7-19)30(29(33)28(25)32)21-10-16-24(17-11-21)36-18(2)3/h6-18,26,31H,5H2,1-4H3/b27-25+. The second-order valence-corrected chi connectivity index (χ2v) is 8.56. The summed E-state index contributed by atoms with van der Waals surface area (Å²) in [6.07, 6.45) is -0.00140. The van der Waals surface area contributed by atoms with Gasteiger partial charge in [-0.3, -0.25) is 14.5 Å². The van der Waals surface area contributed by atoms with E-state index in [0.717, 1.165) is 0 Å². The average molecular weight is 488 g/mol. The summed E-state index contributed by atoms with van der Waals surface area (Å²) in [4.78, 5) is 28.0. The van der Waals surface area contributed by atoms with Crippen LogP contribution in [0.3, 0.4) is 0 Å². The Morgan fingerprint density at radius 1 is 0.889 bits per heavy atom. The zero-order valence-corrected chi connectivity index (χ0v) is 20.7. The molecule has 1 saturated heterocycles. The molecule has 0 saturated carbocycles. The molecule has 1 atom stereocenters. The number of carbonyl (C=O) groups excluding carboxylic acids is 2. The minimum atomic E-state index is -0.834. The molecule has 1 amide bonds. The molecule has 7 nitrogen and oxygen atoms in total. The summed E-state index contributed by atoms with van der Waals surface area (Å²) in [6, 6.07) is 20.0. The third-order valence-corrected chi connectivity index (χ3v) is 5.80. The summed E-state index contributed by atoms with van der Waals surface area (Å²) in [7, 11) is 1.56. The lowest BCUT2D eigenvalue weighted by Crippen LogP contribution is -2.29. The van der Waals surface area contributed by atoms with Crippen molar-refractivity contribution < 1.29 is 28.9 Å². The summed E-state index contributed by atoms with van der Waals surface area (Å²) >= 11 is 0. The van der Waals surface area contributed by atoms with Gasteiger partial charge in [0.1, 0.15) is 23.0 Å². The van der Waals surface area contributed by atoms with Crippen molar-refractivity contribution in [2.45, 2.75) is 32.9 Å². The van der Waals surface area contributed by atoms with Crippen molar-refractivity contribution in [3.63, 3.8) is 0 Å². The maximum atomic E-state index is 13.3. The third kappa shape index (κ3) is 4.91. The summed E-state index contributed by atoms with van der Waals surface area (Å²) in [5.74, 6) is 0.202. The number of amides is 1. The van der Waals surface area contributed by atoms with Crippen molar-refractivity contribution in [2.24, 2.45) is 0 Å². The highest BCUT2D eigenvalue weighted by Gasteiger charge is 2.47. The van der Waals surface area contributed by atoms with E-state index in [9.17, 15) is 14.7 Å². The molecular weight excluding hydrogens is 458 g/mol. The Labute approximate surface area is 210 Å². The van der Waals surface area contributed by atoms with E-state index in [1.54, 1.807) is 79.9 Å². The summed E-state index contributed by atoms with van der Waals surface area (Å²) in [5, 5.41) is 11.3. The fourth-order valence-corrected chi connectivity index (χ4v) is 4.19. The van der Waals surface area contributed by atoms with Crippen LogP contribution in [-0.2, 0) is 9.59 Å². The topological polar surface area (TPSA) is 85.3 Å². The second kappa shape index (κ2) is 10.6. The van der Waals surface area contributed by atoms with Crippen LogP contribution in [0.4, 0.5) is 5.69 Å². The van der Waals surface area contributed by atoms with Crippen molar-refractivity contribution in [1.29, 1.82) is 0 Å². The van der Waals surface area contributed by atoms with Crippen molar-refractivity contribution in [2.75, 3.05) is 18.6 Å². The number of hydrogen-bond donors (Lipinski definition) is 1. The highest BCUT2D eigenvalue weighted by molar-refractivity contribution is 6.51. The molecular formula is C29H29NO6. The van der Waals surface area contributed by atoms with E-state index in [2.05, 4.69) is 0 Å². The van der Waals surface area contributed by atoms with Crippen molar-refractivity contribution >= 4 is 23.1 Å². The Bertz CT molecular complexity index is 1260. The molecule has 0 radical (unpaired) electrons. The molecule has 4 rings (SSSR count). The van der Waals surface area contributed by atoms with Gasteiger partial charge in [0.25, 0.3) is 11.7 Å². The number of ketones is 1. The normalized spacial score (nSPS) is 16.9. The van der Waals surface area contributed by atoms with Gasteiger partial charge in [-0.2, -0.15) is 0 Å². The maximum absolute atomic E-state index is 13.3. The number of aliphatic hydroxyl groups excluding tert-OH is 1. The highest BCUT2D eigenvalue weighted by atomic mass is 16.5. The van der Waals surface area contributed by atoms with Crippen LogP contribution in [-0.4, -0.2) is 36.6 Å². The Kier molecular flexibility index (Phi) is 7.29. The molecule has 3 aromatic rings. The maximum Gasteiger partial charge on any atom is 0.300 e. The van der Waals surface area contributed by atoms with Crippen LogP contribution in [0.15, 0.2) is 78.4 Å². The first-order valence-corrected chi connectivity index (χ1v) is 11.8. The molecule has 0 aromatic heterocycles. The van der Waals surface area contributed by atoms with Crippen molar-refractivity contribution in [3.05, 3.63) is 89.5 Å². The molecule has 1 unspecified atom stereocenters. The SMILES string of the molecule is CCOc1ccc(/C(O)=C2\C(=O)C(=O)N(c3ccc(OC(C)C)cc3)C2c2ccc(OC)cc2)cc1. The minimum Gasteiger partial charge on any atom is -0.507 e. The Hall–Kier alpha value is -4.26. The Morgan fingerprint density at radius 3 is 2.03 bits per heavy atom. The fourth-order valence-electron chi connectivity index (χ4n) is 4.19. The van der Waals surface area contributed by atoms with Gasteiger partial charge in [-0.15, -0.1) is 0 Å². The molecule has 1 heterocycles. The number of carbonyl (C=O) groups is 2. The monoisotopic (exact) mass is 487 g/mol. The average Bonchev–Trinajstić information content (AvgIpc) is 3.14. The molecule has 0 spiro atoms. The van der Waals surface area contributed by atoms with E-state index in [4.69, 9.17) is 14.2 Å². The van der Waals surface area contributed by atoms with Gasteiger partial charge < -0.3 is 19.3 Å².